The maximum Gasteiger partial charge on any atom is 0.135 e. The van der Waals surface area contributed by atoms with E-state index in [-0.39, 0.29) is 0 Å². The Morgan fingerprint density at radius 3 is 1.17 bits per heavy atom. The van der Waals surface area contributed by atoms with Crippen molar-refractivity contribution < 1.29 is 4.74 Å². The molecule has 0 bridgehead atoms. The fraction of sp³-hybridized carbons (Fsp3) is 0.143. The molecule has 0 fully saturated rings. The lowest BCUT2D eigenvalue weighted by atomic mass is 9.99. The second kappa shape index (κ2) is 7.97. The van der Waals surface area contributed by atoms with E-state index in [4.69, 9.17) is 4.74 Å². The molecule has 4 aromatic rings. The minimum Gasteiger partial charge on any atom is -0.456 e. The van der Waals surface area contributed by atoms with Crippen molar-refractivity contribution in [1.29, 1.82) is 0 Å². The van der Waals surface area contributed by atoms with Crippen LogP contribution in [0, 0.1) is 27.7 Å². The average Bonchev–Trinajstić information content (AvgIpc) is 2.67. The molecular formula is C28H26O. The average molecular weight is 379 g/mol. The van der Waals surface area contributed by atoms with E-state index in [1.807, 2.05) is 24.3 Å². The lowest BCUT2D eigenvalue weighted by molar-refractivity contribution is 0.486. The van der Waals surface area contributed by atoms with Crippen LogP contribution in [0.3, 0.4) is 0 Å². The van der Waals surface area contributed by atoms with E-state index >= 15 is 0 Å². The number of rotatable bonds is 4. The van der Waals surface area contributed by atoms with Crippen LogP contribution in [0.2, 0.25) is 0 Å². The Hall–Kier alpha value is -3.32. The van der Waals surface area contributed by atoms with Gasteiger partial charge in [0, 0.05) is 11.1 Å². The highest BCUT2D eigenvalue weighted by Crippen LogP contribution is 2.38. The van der Waals surface area contributed by atoms with Gasteiger partial charge in [-0.1, -0.05) is 95.1 Å². The van der Waals surface area contributed by atoms with Crippen LogP contribution >= 0.6 is 0 Å². The van der Waals surface area contributed by atoms with Gasteiger partial charge in [0.1, 0.15) is 11.5 Å². The van der Waals surface area contributed by atoms with Crippen LogP contribution in [-0.2, 0) is 0 Å². The molecule has 0 radical (unpaired) electrons. The van der Waals surface area contributed by atoms with E-state index in [1.165, 1.54) is 33.4 Å². The van der Waals surface area contributed by atoms with Crippen molar-refractivity contribution in [2.45, 2.75) is 27.7 Å². The molecule has 0 spiro atoms. The quantitative estimate of drug-likeness (QED) is 0.349. The van der Waals surface area contributed by atoms with Crippen LogP contribution in [0.5, 0.6) is 11.5 Å². The smallest absolute Gasteiger partial charge is 0.135 e. The molecular weight excluding hydrogens is 352 g/mol. The molecule has 0 saturated carbocycles. The fourth-order valence-corrected chi connectivity index (χ4v) is 3.97. The van der Waals surface area contributed by atoms with Gasteiger partial charge in [0.25, 0.3) is 0 Å². The van der Waals surface area contributed by atoms with E-state index in [0.717, 1.165) is 22.6 Å². The topological polar surface area (TPSA) is 9.23 Å². The van der Waals surface area contributed by atoms with E-state index in [9.17, 15) is 0 Å². The van der Waals surface area contributed by atoms with Crippen LogP contribution in [0.15, 0.2) is 84.9 Å². The number of aryl methyl sites for hydroxylation is 4. The first kappa shape index (κ1) is 19.0. The van der Waals surface area contributed by atoms with Crippen LogP contribution in [-0.4, -0.2) is 0 Å². The summed E-state index contributed by atoms with van der Waals surface area (Å²) in [6, 6.07) is 29.8. The molecule has 4 rings (SSSR count). The van der Waals surface area contributed by atoms with Crippen molar-refractivity contribution in [3.63, 3.8) is 0 Å². The Balaban J connectivity index is 1.79. The fourth-order valence-electron chi connectivity index (χ4n) is 3.97. The number of para-hydroxylation sites is 2. The molecule has 0 heterocycles. The molecule has 0 atom stereocenters. The molecule has 0 unspecified atom stereocenters. The van der Waals surface area contributed by atoms with Gasteiger partial charge in [-0.2, -0.15) is 0 Å². The monoisotopic (exact) mass is 378 g/mol. The van der Waals surface area contributed by atoms with Crippen molar-refractivity contribution in [2.75, 3.05) is 0 Å². The maximum atomic E-state index is 6.51. The summed E-state index contributed by atoms with van der Waals surface area (Å²) in [6.45, 7) is 8.54. The number of ether oxygens (including phenoxy) is 1. The molecule has 0 aliphatic heterocycles. The lowest BCUT2D eigenvalue weighted by Gasteiger charge is -2.16. The van der Waals surface area contributed by atoms with Crippen LogP contribution in [0.1, 0.15) is 22.3 Å². The predicted molar refractivity (Wildman–Crippen MR) is 123 cm³/mol. The first-order chi connectivity index (χ1) is 14.0. The molecule has 0 saturated heterocycles. The van der Waals surface area contributed by atoms with Crippen LogP contribution < -0.4 is 4.74 Å². The lowest BCUT2D eigenvalue weighted by Crippen LogP contribution is -1.92. The number of hydrogen-bond acceptors (Lipinski definition) is 1. The minimum absolute atomic E-state index is 0.870. The summed E-state index contributed by atoms with van der Waals surface area (Å²) in [5.74, 6) is 1.74. The molecule has 0 aliphatic rings. The van der Waals surface area contributed by atoms with Gasteiger partial charge in [0.15, 0.2) is 0 Å². The zero-order valence-electron chi connectivity index (χ0n) is 17.5. The SMILES string of the molecule is Cc1cc(C)cc(-c2ccccc2Oc2ccccc2-c2cc(C)cc(C)c2)c1. The Morgan fingerprint density at radius 1 is 0.448 bits per heavy atom. The second-order valence-corrected chi connectivity index (χ2v) is 7.85. The Bertz CT molecular complexity index is 1040. The van der Waals surface area contributed by atoms with E-state index < -0.39 is 0 Å². The third-order valence-electron chi connectivity index (χ3n) is 5.06. The molecule has 144 valence electrons. The standard InChI is InChI=1S/C28H26O/c1-19-13-20(2)16-23(15-19)25-9-5-7-11-27(25)29-28-12-8-6-10-26(28)24-17-21(3)14-22(4)18-24/h5-18H,1-4H3. The van der Waals surface area contributed by atoms with Crippen molar-refractivity contribution in [3.05, 3.63) is 107 Å². The molecule has 0 N–H and O–H groups in total. The zero-order chi connectivity index (χ0) is 20.4. The summed E-state index contributed by atoms with van der Waals surface area (Å²) in [7, 11) is 0. The Morgan fingerprint density at radius 2 is 0.793 bits per heavy atom. The predicted octanol–water partition coefficient (Wildman–Crippen LogP) is 8.05. The van der Waals surface area contributed by atoms with Gasteiger partial charge in [0.2, 0.25) is 0 Å². The normalized spacial score (nSPS) is 10.8. The van der Waals surface area contributed by atoms with Gasteiger partial charge >= 0.3 is 0 Å². The zero-order valence-corrected chi connectivity index (χ0v) is 17.5. The molecule has 0 aromatic heterocycles. The van der Waals surface area contributed by atoms with E-state index in [2.05, 4.69) is 88.4 Å². The van der Waals surface area contributed by atoms with Gasteiger partial charge < -0.3 is 4.74 Å². The molecule has 0 aliphatic carbocycles. The minimum atomic E-state index is 0.870. The number of hydrogen-bond donors (Lipinski definition) is 0. The summed E-state index contributed by atoms with van der Waals surface area (Å²) in [5.41, 5.74) is 9.60. The summed E-state index contributed by atoms with van der Waals surface area (Å²) < 4.78 is 6.51. The van der Waals surface area contributed by atoms with Crippen LogP contribution in [0.4, 0.5) is 0 Å². The van der Waals surface area contributed by atoms with Gasteiger partial charge in [-0.25, -0.2) is 0 Å². The first-order valence-electron chi connectivity index (χ1n) is 10.0. The third-order valence-corrected chi connectivity index (χ3v) is 5.06. The first-order valence-corrected chi connectivity index (χ1v) is 10.0. The highest BCUT2D eigenvalue weighted by molar-refractivity contribution is 5.75. The molecule has 1 heteroatoms. The van der Waals surface area contributed by atoms with Gasteiger partial charge in [-0.15, -0.1) is 0 Å². The summed E-state index contributed by atoms with van der Waals surface area (Å²) in [4.78, 5) is 0. The molecule has 0 amide bonds. The molecule has 29 heavy (non-hydrogen) atoms. The van der Waals surface area contributed by atoms with Gasteiger partial charge in [-0.05, 0) is 51.0 Å². The largest absolute Gasteiger partial charge is 0.456 e. The summed E-state index contributed by atoms with van der Waals surface area (Å²) in [6.07, 6.45) is 0. The number of benzene rings is 4. The van der Waals surface area contributed by atoms with Crippen molar-refractivity contribution in [3.8, 4) is 33.8 Å². The molecule has 4 aromatic carbocycles. The van der Waals surface area contributed by atoms with Crippen molar-refractivity contribution in [2.24, 2.45) is 0 Å². The van der Waals surface area contributed by atoms with Gasteiger partial charge in [-0.3, -0.25) is 0 Å². The van der Waals surface area contributed by atoms with E-state index in [0.29, 0.717) is 0 Å². The van der Waals surface area contributed by atoms with Crippen molar-refractivity contribution >= 4 is 0 Å². The Kier molecular flexibility index (Phi) is 5.22. The molecule has 1 nitrogen and oxygen atoms in total. The summed E-state index contributed by atoms with van der Waals surface area (Å²) in [5, 5.41) is 0. The highest BCUT2D eigenvalue weighted by atomic mass is 16.5. The van der Waals surface area contributed by atoms with Crippen molar-refractivity contribution in [1.82, 2.24) is 0 Å². The highest BCUT2D eigenvalue weighted by Gasteiger charge is 2.12. The Labute approximate surface area is 173 Å². The second-order valence-electron chi connectivity index (χ2n) is 7.85. The van der Waals surface area contributed by atoms with Gasteiger partial charge in [0.05, 0.1) is 0 Å². The maximum absolute atomic E-state index is 6.51. The third kappa shape index (κ3) is 4.25. The summed E-state index contributed by atoms with van der Waals surface area (Å²) >= 11 is 0. The van der Waals surface area contributed by atoms with Crippen LogP contribution in [0.25, 0.3) is 22.3 Å². The van der Waals surface area contributed by atoms with E-state index in [1.54, 1.807) is 0 Å².